The minimum atomic E-state index is -3.99. The smallest absolute Gasteiger partial charge is 0.748 e. The molecule has 0 unspecified atom stereocenters. The van der Waals surface area contributed by atoms with E-state index in [4.69, 9.17) is 0 Å². The van der Waals surface area contributed by atoms with E-state index in [0.29, 0.717) is 6.42 Å². The van der Waals surface area contributed by atoms with Crippen molar-refractivity contribution in [1.82, 2.24) is 0 Å². The molecule has 0 aliphatic heterocycles. The summed E-state index contributed by atoms with van der Waals surface area (Å²) in [7, 11) is -3.99. The van der Waals surface area contributed by atoms with Crippen LogP contribution in [-0.4, -0.2) is 24.5 Å². The Morgan fingerprint density at radius 1 is 0.684 bits per heavy atom. The van der Waals surface area contributed by atoms with Gasteiger partial charge < -0.3 is 4.55 Å². The number of hydrogen-bond acceptors (Lipinski definition) is 4. The van der Waals surface area contributed by atoms with Crippen LogP contribution in [-0.2, 0) is 10.1 Å². The van der Waals surface area contributed by atoms with Crippen LogP contribution in [0.15, 0.2) is 0 Å². The molecule has 3 nitrogen and oxygen atoms in total. The molecule has 0 aromatic heterocycles. The summed E-state index contributed by atoms with van der Waals surface area (Å²) in [6.07, 6.45) is 12.6. The molecule has 0 aliphatic rings. The molecule has 6 heteroatoms. The average Bonchev–Trinajstić information content (AvgIpc) is 2.29. The van der Waals surface area contributed by atoms with E-state index in [0.717, 1.165) is 25.0 Å². The van der Waals surface area contributed by atoms with E-state index >= 15 is 0 Å². The van der Waals surface area contributed by atoms with Crippen LogP contribution in [0.2, 0.25) is 0 Å². The van der Waals surface area contributed by atoms with Gasteiger partial charge in [0, 0.05) is 5.75 Å². The molecule has 0 aliphatic carbocycles. The predicted molar refractivity (Wildman–Crippen MR) is 79.2 cm³/mol. The molecule has 0 heterocycles. The first-order valence-corrected chi connectivity index (χ1v) is 9.31. The van der Waals surface area contributed by atoms with Crippen molar-refractivity contribution >= 4 is 22.7 Å². The second-order valence-electron chi connectivity index (χ2n) is 4.87. The molecule has 0 fully saturated rings. The molecule has 0 saturated carbocycles. The van der Waals surface area contributed by atoms with Gasteiger partial charge in [0.05, 0.1) is 10.1 Å². The molecular weight excluding hydrogens is 291 g/mol. The molecule has 110 valence electrons. The van der Waals surface area contributed by atoms with Crippen LogP contribution in [0, 0.1) is 0 Å². The summed E-state index contributed by atoms with van der Waals surface area (Å²) >= 11 is 4.18. The number of unbranched alkanes of at least 4 members (excludes halogenated alkanes) is 10. The van der Waals surface area contributed by atoms with Crippen molar-refractivity contribution in [3.05, 3.63) is 0 Å². The minimum Gasteiger partial charge on any atom is -0.748 e. The van der Waals surface area contributed by atoms with Crippen molar-refractivity contribution in [2.24, 2.45) is 0 Å². The quantitative estimate of drug-likeness (QED) is 0.236. The second kappa shape index (κ2) is 15.6. The van der Waals surface area contributed by atoms with Crippen molar-refractivity contribution in [3.8, 4) is 0 Å². The fourth-order valence-electron chi connectivity index (χ4n) is 1.98. The van der Waals surface area contributed by atoms with E-state index in [-0.39, 0.29) is 35.3 Å². The molecule has 0 saturated heterocycles. The Bertz CT molecular complexity index is 269. The zero-order valence-corrected chi connectivity index (χ0v) is 16.0. The van der Waals surface area contributed by atoms with Gasteiger partial charge in [-0.1, -0.05) is 57.8 Å². The van der Waals surface area contributed by atoms with Gasteiger partial charge in [-0.05, 0) is 18.6 Å². The Morgan fingerprint density at radius 3 is 1.32 bits per heavy atom. The van der Waals surface area contributed by atoms with Gasteiger partial charge in [0.1, 0.15) is 0 Å². The van der Waals surface area contributed by atoms with Gasteiger partial charge in [-0.15, -0.1) is 0 Å². The Morgan fingerprint density at radius 2 is 1.00 bits per heavy atom. The van der Waals surface area contributed by atoms with Gasteiger partial charge >= 0.3 is 29.6 Å². The van der Waals surface area contributed by atoms with Crippen LogP contribution in [0.1, 0.15) is 70.6 Å². The van der Waals surface area contributed by atoms with Crippen molar-refractivity contribution < 1.29 is 42.5 Å². The Hall–Kier alpha value is 1.26. The summed E-state index contributed by atoms with van der Waals surface area (Å²) in [6, 6.07) is 0. The van der Waals surface area contributed by atoms with Crippen molar-refractivity contribution in [2.45, 2.75) is 70.6 Å². The molecule has 0 N–H and O–H groups in total. The van der Waals surface area contributed by atoms with Crippen LogP contribution in [0.3, 0.4) is 0 Å². The number of hydrogen-bond donors (Lipinski definition) is 1. The number of rotatable bonds is 13. The predicted octanol–water partition coefficient (Wildman–Crippen LogP) is 0.757. The monoisotopic (exact) mass is 318 g/mol. The third-order valence-corrected chi connectivity index (χ3v) is 4.16. The normalized spacial score (nSPS) is 11.3. The molecule has 0 rings (SSSR count). The summed E-state index contributed by atoms with van der Waals surface area (Å²) in [4.78, 5) is 0. The maximum absolute atomic E-state index is 10.4. The molecule has 0 atom stereocenters. The van der Waals surface area contributed by atoms with E-state index in [1.807, 2.05) is 0 Å². The van der Waals surface area contributed by atoms with E-state index in [2.05, 4.69) is 12.6 Å². The summed E-state index contributed by atoms with van der Waals surface area (Å²) in [5, 5.41) is 0. The summed E-state index contributed by atoms with van der Waals surface area (Å²) in [5.74, 6) is 0.803. The molecular formula is C13H27NaO3S2. The molecule has 0 spiro atoms. The summed E-state index contributed by atoms with van der Waals surface area (Å²) in [5.41, 5.74) is 0. The van der Waals surface area contributed by atoms with Crippen LogP contribution >= 0.6 is 12.6 Å². The van der Waals surface area contributed by atoms with Gasteiger partial charge in [0.15, 0.2) is 0 Å². The molecule has 0 aromatic carbocycles. The van der Waals surface area contributed by atoms with E-state index in [9.17, 15) is 13.0 Å². The standard InChI is InChI=1S/C13H28O3S2.Na/c14-18(15,16)13-11-9-7-5-3-1-2-4-6-8-10-12-17;/h17H,1-13H2,(H,14,15,16);/q;+1/p-1. The van der Waals surface area contributed by atoms with Gasteiger partial charge in [0.25, 0.3) is 0 Å². The van der Waals surface area contributed by atoms with E-state index in [1.54, 1.807) is 0 Å². The maximum atomic E-state index is 10.4. The zero-order valence-electron chi connectivity index (χ0n) is 12.3. The first-order valence-electron chi connectivity index (χ1n) is 7.10. The van der Waals surface area contributed by atoms with Crippen LogP contribution < -0.4 is 29.6 Å². The minimum absolute atomic E-state index is 0. The van der Waals surface area contributed by atoms with Crippen LogP contribution in [0.5, 0.6) is 0 Å². The van der Waals surface area contributed by atoms with Crippen molar-refractivity contribution in [2.75, 3.05) is 11.5 Å². The van der Waals surface area contributed by atoms with Gasteiger partial charge in [-0.25, -0.2) is 8.42 Å². The maximum Gasteiger partial charge on any atom is 1.00 e. The fraction of sp³-hybridized carbons (Fsp3) is 1.00. The van der Waals surface area contributed by atoms with Crippen LogP contribution in [0.25, 0.3) is 0 Å². The number of thiol groups is 1. The molecule has 0 aromatic rings. The first-order chi connectivity index (χ1) is 8.56. The molecule has 0 radical (unpaired) electrons. The first kappa shape index (κ1) is 22.5. The van der Waals surface area contributed by atoms with Gasteiger partial charge in [-0.2, -0.15) is 12.6 Å². The van der Waals surface area contributed by atoms with E-state index in [1.165, 1.54) is 44.9 Å². The van der Waals surface area contributed by atoms with Gasteiger partial charge in [-0.3, -0.25) is 0 Å². The Balaban J connectivity index is 0. The Kier molecular flexibility index (Phi) is 18.6. The van der Waals surface area contributed by atoms with Crippen molar-refractivity contribution in [3.63, 3.8) is 0 Å². The average molecular weight is 318 g/mol. The molecule has 19 heavy (non-hydrogen) atoms. The second-order valence-corrected chi connectivity index (χ2v) is 6.85. The summed E-state index contributed by atoms with van der Waals surface area (Å²) < 4.78 is 31.1. The topological polar surface area (TPSA) is 57.2 Å². The third-order valence-electron chi connectivity index (χ3n) is 3.05. The third kappa shape index (κ3) is 21.7. The van der Waals surface area contributed by atoms with Gasteiger partial charge in [0.2, 0.25) is 0 Å². The van der Waals surface area contributed by atoms with Crippen molar-refractivity contribution in [1.29, 1.82) is 0 Å². The molecule has 0 bridgehead atoms. The zero-order chi connectivity index (χ0) is 13.7. The van der Waals surface area contributed by atoms with Crippen LogP contribution in [0.4, 0.5) is 0 Å². The SMILES string of the molecule is O=S(=O)([O-])CCCCCCCCCCCCCS.[Na+]. The molecule has 0 amide bonds. The summed E-state index contributed by atoms with van der Waals surface area (Å²) in [6.45, 7) is 0. The Labute approximate surface area is 146 Å². The van der Waals surface area contributed by atoms with E-state index < -0.39 is 10.1 Å². The largest absolute Gasteiger partial charge is 1.00 e. The fourth-order valence-corrected chi connectivity index (χ4v) is 2.76.